The number of aromatic amines is 1. The van der Waals surface area contributed by atoms with Gasteiger partial charge in [-0.15, -0.1) is 5.10 Å². The highest BCUT2D eigenvalue weighted by Crippen LogP contribution is 2.51. The highest BCUT2D eigenvalue weighted by Gasteiger charge is 2.42. The minimum atomic E-state index is 0.231. The molecule has 1 aliphatic carbocycles. The maximum Gasteiger partial charge on any atom is 0.216 e. The molecule has 5 nitrogen and oxygen atoms in total. The summed E-state index contributed by atoms with van der Waals surface area (Å²) in [6.45, 7) is 0. The standard InChI is InChI=1S/C8H11N5S/c9-4-3-8(1-2-8)5-14-7-11-6(10)12-13-7/h1-3,5H2,(H3,10,11,12,13). The van der Waals surface area contributed by atoms with E-state index in [1.807, 2.05) is 0 Å². The SMILES string of the molecule is N#CCC1(CSc2n[nH]c(N)n2)CC1. The predicted octanol–water partition coefficient (Wildman–Crippen LogP) is 1.17. The molecule has 14 heavy (non-hydrogen) atoms. The fraction of sp³-hybridized carbons (Fsp3) is 0.625. The molecule has 1 heterocycles. The maximum atomic E-state index is 8.63. The van der Waals surface area contributed by atoms with E-state index in [9.17, 15) is 0 Å². The van der Waals surface area contributed by atoms with Gasteiger partial charge in [-0.3, -0.25) is 0 Å². The fourth-order valence-corrected chi connectivity index (χ4v) is 2.36. The molecule has 0 radical (unpaired) electrons. The van der Waals surface area contributed by atoms with Crippen molar-refractivity contribution in [1.82, 2.24) is 15.2 Å². The number of rotatable bonds is 4. The largest absolute Gasteiger partial charge is 0.368 e. The molecule has 74 valence electrons. The Morgan fingerprint density at radius 2 is 2.43 bits per heavy atom. The number of thioether (sulfide) groups is 1. The van der Waals surface area contributed by atoms with Crippen molar-refractivity contribution in [1.29, 1.82) is 5.26 Å². The van der Waals surface area contributed by atoms with Gasteiger partial charge in [-0.25, -0.2) is 5.10 Å². The molecule has 1 fully saturated rings. The van der Waals surface area contributed by atoms with E-state index < -0.39 is 0 Å². The number of nitrogen functional groups attached to an aromatic ring is 1. The summed E-state index contributed by atoms with van der Waals surface area (Å²) >= 11 is 1.57. The molecule has 0 aliphatic heterocycles. The number of hydrogen-bond acceptors (Lipinski definition) is 5. The Bertz CT molecular complexity index is 362. The molecule has 0 spiro atoms. The van der Waals surface area contributed by atoms with Gasteiger partial charge >= 0.3 is 0 Å². The van der Waals surface area contributed by atoms with Crippen LogP contribution in [0.25, 0.3) is 0 Å². The highest BCUT2D eigenvalue weighted by molar-refractivity contribution is 7.99. The van der Waals surface area contributed by atoms with Crippen LogP contribution in [0, 0.1) is 16.7 Å². The topological polar surface area (TPSA) is 91.4 Å². The summed E-state index contributed by atoms with van der Waals surface area (Å²) < 4.78 is 0. The van der Waals surface area contributed by atoms with Gasteiger partial charge in [-0.05, 0) is 18.3 Å². The minimum Gasteiger partial charge on any atom is -0.368 e. The highest BCUT2D eigenvalue weighted by atomic mass is 32.2. The molecule has 0 amide bonds. The molecule has 0 aromatic carbocycles. The summed E-state index contributed by atoms with van der Waals surface area (Å²) in [5.74, 6) is 1.26. The van der Waals surface area contributed by atoms with Gasteiger partial charge < -0.3 is 5.73 Å². The third-order valence-electron chi connectivity index (χ3n) is 2.40. The van der Waals surface area contributed by atoms with Crippen LogP contribution >= 0.6 is 11.8 Å². The second-order valence-electron chi connectivity index (χ2n) is 3.63. The Morgan fingerprint density at radius 3 is 2.93 bits per heavy atom. The first-order valence-corrected chi connectivity index (χ1v) is 5.40. The number of hydrogen-bond donors (Lipinski definition) is 2. The quantitative estimate of drug-likeness (QED) is 0.726. The molecule has 2 rings (SSSR count). The van der Waals surface area contributed by atoms with Crippen molar-refractivity contribution < 1.29 is 0 Å². The van der Waals surface area contributed by atoms with Crippen LogP contribution in [0.4, 0.5) is 5.95 Å². The van der Waals surface area contributed by atoms with Gasteiger partial charge in [0.1, 0.15) is 0 Å². The third-order valence-corrected chi connectivity index (χ3v) is 3.60. The van der Waals surface area contributed by atoms with Crippen molar-refractivity contribution in [3.63, 3.8) is 0 Å². The molecule has 0 bridgehead atoms. The molecule has 0 atom stereocenters. The van der Waals surface area contributed by atoms with Crippen molar-refractivity contribution in [3.8, 4) is 6.07 Å². The fourth-order valence-electron chi connectivity index (χ4n) is 1.26. The number of nitriles is 1. The number of nitrogens with one attached hydrogen (secondary N) is 1. The monoisotopic (exact) mass is 209 g/mol. The number of aromatic nitrogens is 3. The van der Waals surface area contributed by atoms with Gasteiger partial charge in [0.05, 0.1) is 6.07 Å². The van der Waals surface area contributed by atoms with E-state index in [1.54, 1.807) is 11.8 Å². The lowest BCUT2D eigenvalue weighted by Crippen LogP contribution is -2.02. The summed E-state index contributed by atoms with van der Waals surface area (Å²) in [7, 11) is 0. The van der Waals surface area contributed by atoms with Crippen LogP contribution in [-0.2, 0) is 0 Å². The summed E-state index contributed by atoms with van der Waals surface area (Å²) in [6, 6.07) is 2.23. The smallest absolute Gasteiger partial charge is 0.216 e. The Hall–Kier alpha value is -1.22. The van der Waals surface area contributed by atoms with Crippen molar-refractivity contribution >= 4 is 17.7 Å². The van der Waals surface area contributed by atoms with Crippen LogP contribution in [-0.4, -0.2) is 20.9 Å². The molecular weight excluding hydrogens is 198 g/mol. The summed E-state index contributed by atoms with van der Waals surface area (Å²) in [6.07, 6.45) is 2.93. The van der Waals surface area contributed by atoms with E-state index in [0.717, 1.165) is 18.6 Å². The Morgan fingerprint density at radius 1 is 1.64 bits per heavy atom. The second kappa shape index (κ2) is 3.50. The minimum absolute atomic E-state index is 0.231. The summed E-state index contributed by atoms with van der Waals surface area (Å²) in [5, 5.41) is 15.8. The van der Waals surface area contributed by atoms with Crippen molar-refractivity contribution in [2.24, 2.45) is 5.41 Å². The van der Waals surface area contributed by atoms with Crippen molar-refractivity contribution in [2.75, 3.05) is 11.5 Å². The first-order valence-electron chi connectivity index (χ1n) is 4.42. The van der Waals surface area contributed by atoms with Crippen LogP contribution in [0.3, 0.4) is 0 Å². The number of nitrogens with two attached hydrogens (primary N) is 1. The second-order valence-corrected chi connectivity index (χ2v) is 4.57. The lowest BCUT2D eigenvalue weighted by Gasteiger charge is -2.06. The van der Waals surface area contributed by atoms with Crippen LogP contribution < -0.4 is 5.73 Å². The van der Waals surface area contributed by atoms with E-state index in [4.69, 9.17) is 11.0 Å². The average molecular weight is 209 g/mol. The molecule has 6 heteroatoms. The van der Waals surface area contributed by atoms with Crippen LogP contribution in [0.2, 0.25) is 0 Å². The summed E-state index contributed by atoms with van der Waals surface area (Å²) in [4.78, 5) is 3.99. The number of nitrogens with zero attached hydrogens (tertiary/aromatic N) is 3. The average Bonchev–Trinajstić information content (AvgIpc) is 2.80. The summed E-state index contributed by atoms with van der Waals surface area (Å²) in [5.41, 5.74) is 5.63. The zero-order chi connectivity index (χ0) is 10.0. The molecule has 3 N–H and O–H groups in total. The normalized spacial score (nSPS) is 17.6. The lowest BCUT2D eigenvalue weighted by atomic mass is 10.1. The van der Waals surface area contributed by atoms with E-state index in [0.29, 0.717) is 17.5 Å². The molecule has 0 saturated heterocycles. The molecule has 1 aliphatic rings. The maximum absolute atomic E-state index is 8.63. The number of anilines is 1. The zero-order valence-corrected chi connectivity index (χ0v) is 8.47. The van der Waals surface area contributed by atoms with Gasteiger partial charge in [0.25, 0.3) is 0 Å². The molecule has 0 unspecified atom stereocenters. The first-order chi connectivity index (χ1) is 6.74. The molecule has 1 saturated carbocycles. The Kier molecular flexibility index (Phi) is 2.33. The van der Waals surface area contributed by atoms with Gasteiger partial charge in [0.2, 0.25) is 11.1 Å². The van der Waals surface area contributed by atoms with Crippen molar-refractivity contribution in [2.45, 2.75) is 24.4 Å². The Balaban J connectivity index is 1.86. The molecule has 1 aromatic heterocycles. The van der Waals surface area contributed by atoms with Crippen molar-refractivity contribution in [3.05, 3.63) is 0 Å². The van der Waals surface area contributed by atoms with Gasteiger partial charge in [0, 0.05) is 12.2 Å². The Labute approximate surface area is 86.1 Å². The third kappa shape index (κ3) is 1.99. The van der Waals surface area contributed by atoms with E-state index in [-0.39, 0.29) is 5.41 Å². The zero-order valence-electron chi connectivity index (χ0n) is 7.66. The van der Waals surface area contributed by atoms with Gasteiger partial charge in [0.15, 0.2) is 0 Å². The van der Waals surface area contributed by atoms with E-state index in [2.05, 4.69) is 21.3 Å². The van der Waals surface area contributed by atoms with Gasteiger partial charge in [-0.2, -0.15) is 10.2 Å². The van der Waals surface area contributed by atoms with Crippen LogP contribution in [0.1, 0.15) is 19.3 Å². The van der Waals surface area contributed by atoms with E-state index >= 15 is 0 Å². The molecule has 1 aromatic rings. The van der Waals surface area contributed by atoms with Gasteiger partial charge in [-0.1, -0.05) is 11.8 Å². The lowest BCUT2D eigenvalue weighted by molar-refractivity contribution is 0.603. The number of H-pyrrole nitrogens is 1. The molecular formula is C8H11N5S. The predicted molar refractivity (Wildman–Crippen MR) is 53.4 cm³/mol. The van der Waals surface area contributed by atoms with E-state index in [1.165, 1.54) is 0 Å². The van der Waals surface area contributed by atoms with Crippen LogP contribution in [0.5, 0.6) is 0 Å². The first kappa shape index (κ1) is 9.34. The van der Waals surface area contributed by atoms with Crippen LogP contribution in [0.15, 0.2) is 5.16 Å².